The van der Waals surface area contributed by atoms with Crippen LogP contribution >= 0.6 is 0 Å². The summed E-state index contributed by atoms with van der Waals surface area (Å²) in [4.78, 5) is 20.9. The average molecular weight is 403 g/mol. The number of nitriles is 1. The molecule has 0 bridgehead atoms. The summed E-state index contributed by atoms with van der Waals surface area (Å²) >= 11 is 0. The van der Waals surface area contributed by atoms with Crippen LogP contribution in [0, 0.1) is 11.3 Å². The van der Waals surface area contributed by atoms with E-state index in [1.165, 1.54) is 0 Å². The SMILES string of the molecule is CCOC(=O)c1ccc(N2CCCN(Cc3cn4ccccc4c3C#N)CC2)nc1. The van der Waals surface area contributed by atoms with E-state index in [0.717, 1.165) is 61.6 Å². The molecule has 0 aromatic carbocycles. The van der Waals surface area contributed by atoms with Crippen molar-refractivity contribution in [1.29, 1.82) is 5.26 Å². The summed E-state index contributed by atoms with van der Waals surface area (Å²) in [5.74, 6) is 0.532. The van der Waals surface area contributed by atoms with Crippen LogP contribution in [-0.4, -0.2) is 53.0 Å². The van der Waals surface area contributed by atoms with Gasteiger partial charge >= 0.3 is 5.97 Å². The van der Waals surface area contributed by atoms with Gasteiger partial charge in [-0.1, -0.05) is 6.07 Å². The first-order valence-corrected chi connectivity index (χ1v) is 10.3. The van der Waals surface area contributed by atoms with E-state index >= 15 is 0 Å². The van der Waals surface area contributed by atoms with E-state index in [9.17, 15) is 10.1 Å². The van der Waals surface area contributed by atoms with Gasteiger partial charge in [0.1, 0.15) is 11.9 Å². The van der Waals surface area contributed by atoms with E-state index in [0.29, 0.717) is 12.2 Å². The molecule has 1 aliphatic rings. The molecule has 1 fully saturated rings. The maximum absolute atomic E-state index is 11.8. The van der Waals surface area contributed by atoms with Crippen molar-refractivity contribution in [1.82, 2.24) is 14.3 Å². The number of rotatable bonds is 5. The van der Waals surface area contributed by atoms with Gasteiger partial charge in [0.25, 0.3) is 0 Å². The Labute approximate surface area is 176 Å². The van der Waals surface area contributed by atoms with Gasteiger partial charge in [-0.25, -0.2) is 9.78 Å². The minimum absolute atomic E-state index is 0.341. The third-order valence-electron chi connectivity index (χ3n) is 5.44. The summed E-state index contributed by atoms with van der Waals surface area (Å²) in [6.07, 6.45) is 6.64. The first-order valence-electron chi connectivity index (χ1n) is 10.3. The number of ether oxygens (including phenoxy) is 1. The molecule has 7 nitrogen and oxygen atoms in total. The van der Waals surface area contributed by atoms with E-state index in [-0.39, 0.29) is 5.97 Å². The normalized spacial score (nSPS) is 15.0. The lowest BCUT2D eigenvalue weighted by Gasteiger charge is -2.22. The van der Waals surface area contributed by atoms with Crippen LogP contribution < -0.4 is 4.90 Å². The molecule has 0 spiro atoms. The third kappa shape index (κ3) is 4.14. The number of carbonyl (C=O) groups excluding carboxylic acids is 1. The van der Waals surface area contributed by atoms with Crippen molar-refractivity contribution in [3.8, 4) is 6.07 Å². The average Bonchev–Trinajstić information content (AvgIpc) is 2.95. The molecule has 1 saturated heterocycles. The number of nitrogens with zero attached hydrogens (tertiary/aromatic N) is 5. The highest BCUT2D eigenvalue weighted by Crippen LogP contribution is 2.21. The summed E-state index contributed by atoms with van der Waals surface area (Å²) in [7, 11) is 0. The van der Waals surface area contributed by atoms with E-state index in [1.54, 1.807) is 19.2 Å². The summed E-state index contributed by atoms with van der Waals surface area (Å²) in [5, 5.41) is 9.64. The number of anilines is 1. The van der Waals surface area contributed by atoms with Crippen LogP contribution in [0.2, 0.25) is 0 Å². The van der Waals surface area contributed by atoms with Crippen LogP contribution in [0.4, 0.5) is 5.82 Å². The highest BCUT2D eigenvalue weighted by Gasteiger charge is 2.19. The van der Waals surface area contributed by atoms with Crippen molar-refractivity contribution < 1.29 is 9.53 Å². The van der Waals surface area contributed by atoms with Crippen LogP contribution in [0.15, 0.2) is 48.9 Å². The van der Waals surface area contributed by atoms with E-state index in [2.05, 4.69) is 27.0 Å². The summed E-state index contributed by atoms with van der Waals surface area (Å²) in [6.45, 7) is 6.51. The molecule has 0 radical (unpaired) electrons. The fraction of sp³-hybridized carbons (Fsp3) is 0.348. The van der Waals surface area contributed by atoms with Gasteiger partial charge in [0.2, 0.25) is 0 Å². The van der Waals surface area contributed by atoms with Crippen LogP contribution in [0.3, 0.4) is 0 Å². The van der Waals surface area contributed by atoms with Gasteiger partial charge in [0.15, 0.2) is 0 Å². The maximum atomic E-state index is 11.8. The Kier molecular flexibility index (Phi) is 5.96. The molecule has 154 valence electrons. The topological polar surface area (TPSA) is 73.9 Å². The smallest absolute Gasteiger partial charge is 0.339 e. The largest absolute Gasteiger partial charge is 0.462 e. The van der Waals surface area contributed by atoms with Gasteiger partial charge in [0, 0.05) is 56.9 Å². The predicted octanol–water partition coefficient (Wildman–Crippen LogP) is 3.09. The lowest BCUT2D eigenvalue weighted by molar-refractivity contribution is 0.0526. The number of pyridine rings is 2. The Morgan fingerprint density at radius 1 is 1.20 bits per heavy atom. The molecule has 0 atom stereocenters. The molecule has 7 heteroatoms. The molecule has 3 aromatic heterocycles. The Morgan fingerprint density at radius 3 is 2.87 bits per heavy atom. The highest BCUT2D eigenvalue weighted by atomic mass is 16.5. The molecule has 3 aromatic rings. The first-order chi connectivity index (χ1) is 14.7. The van der Waals surface area contributed by atoms with E-state index < -0.39 is 0 Å². The molecule has 0 unspecified atom stereocenters. The molecule has 0 saturated carbocycles. The summed E-state index contributed by atoms with van der Waals surface area (Å²) in [6, 6.07) is 12.0. The zero-order valence-electron chi connectivity index (χ0n) is 17.1. The Hall–Kier alpha value is -3.37. The second-order valence-electron chi connectivity index (χ2n) is 7.38. The van der Waals surface area contributed by atoms with Gasteiger partial charge in [-0.15, -0.1) is 0 Å². The monoisotopic (exact) mass is 403 g/mol. The zero-order chi connectivity index (χ0) is 20.9. The number of aromatic nitrogens is 2. The van der Waals surface area contributed by atoms with Crippen molar-refractivity contribution in [3.63, 3.8) is 0 Å². The molecule has 30 heavy (non-hydrogen) atoms. The second kappa shape index (κ2) is 8.97. The van der Waals surface area contributed by atoms with Crippen LogP contribution in [0.25, 0.3) is 5.52 Å². The maximum Gasteiger partial charge on any atom is 0.339 e. The zero-order valence-corrected chi connectivity index (χ0v) is 17.1. The lowest BCUT2D eigenvalue weighted by Crippen LogP contribution is -2.31. The van der Waals surface area contributed by atoms with Gasteiger partial charge in [-0.3, -0.25) is 4.90 Å². The van der Waals surface area contributed by atoms with Gasteiger partial charge < -0.3 is 14.0 Å². The van der Waals surface area contributed by atoms with Crippen molar-refractivity contribution in [2.75, 3.05) is 37.7 Å². The minimum Gasteiger partial charge on any atom is -0.462 e. The summed E-state index contributed by atoms with van der Waals surface area (Å²) < 4.78 is 7.04. The summed E-state index contributed by atoms with van der Waals surface area (Å²) in [5.41, 5.74) is 3.25. The fourth-order valence-corrected chi connectivity index (χ4v) is 3.93. The standard InChI is InChI=1S/C23H25N5O2/c1-2-30-23(29)18-7-8-22(25-15-18)27-11-5-9-26(12-13-27)16-19-17-28-10-4-3-6-21(28)20(19)14-24/h3-4,6-8,10,15,17H,2,5,9,11-13,16H2,1H3. The second-order valence-corrected chi connectivity index (χ2v) is 7.38. The van der Waals surface area contributed by atoms with Gasteiger partial charge in [-0.2, -0.15) is 5.26 Å². The number of esters is 1. The molecule has 0 N–H and O–H groups in total. The van der Waals surface area contributed by atoms with Gasteiger partial charge in [-0.05, 0) is 37.6 Å². The van der Waals surface area contributed by atoms with Crippen molar-refractivity contribution in [3.05, 3.63) is 65.6 Å². The van der Waals surface area contributed by atoms with Crippen LogP contribution in [0.1, 0.15) is 34.8 Å². The van der Waals surface area contributed by atoms with E-state index in [1.807, 2.05) is 34.9 Å². The minimum atomic E-state index is -0.341. The number of fused-ring (bicyclic) bond motifs is 1. The van der Waals surface area contributed by atoms with Crippen molar-refractivity contribution in [2.45, 2.75) is 19.9 Å². The number of hydrogen-bond acceptors (Lipinski definition) is 6. The molecule has 1 aliphatic heterocycles. The van der Waals surface area contributed by atoms with Crippen molar-refractivity contribution >= 4 is 17.3 Å². The molecule has 0 aliphatic carbocycles. The molecular formula is C23H25N5O2. The molecular weight excluding hydrogens is 378 g/mol. The molecule has 4 rings (SSSR count). The first kappa shape index (κ1) is 19.9. The molecule has 0 amide bonds. The van der Waals surface area contributed by atoms with Crippen LogP contribution in [0.5, 0.6) is 0 Å². The highest BCUT2D eigenvalue weighted by molar-refractivity contribution is 5.89. The van der Waals surface area contributed by atoms with Gasteiger partial charge in [0.05, 0.1) is 23.3 Å². The van der Waals surface area contributed by atoms with Crippen LogP contribution in [-0.2, 0) is 11.3 Å². The van der Waals surface area contributed by atoms with E-state index in [4.69, 9.17) is 4.74 Å². The third-order valence-corrected chi connectivity index (χ3v) is 5.44. The Morgan fingerprint density at radius 2 is 2.10 bits per heavy atom. The Bertz CT molecular complexity index is 1070. The molecule has 4 heterocycles. The predicted molar refractivity (Wildman–Crippen MR) is 114 cm³/mol. The number of hydrogen-bond donors (Lipinski definition) is 0. The quantitative estimate of drug-likeness (QED) is 0.610. The number of carbonyl (C=O) groups is 1. The fourth-order valence-electron chi connectivity index (χ4n) is 3.93. The lowest BCUT2D eigenvalue weighted by atomic mass is 10.1. The van der Waals surface area contributed by atoms with Crippen molar-refractivity contribution in [2.24, 2.45) is 0 Å². The Balaban J connectivity index is 1.42.